The minimum atomic E-state index is -2.49. The molecule has 0 aromatic carbocycles. The Morgan fingerprint density at radius 2 is 1.95 bits per heavy atom. The van der Waals surface area contributed by atoms with Crippen LogP contribution in [-0.2, 0) is 14.3 Å². The second-order valence-electron chi connectivity index (χ2n) is 4.25. The molecule has 1 aliphatic heterocycles. The number of aliphatic hydroxyl groups is 4. The van der Waals surface area contributed by atoms with E-state index in [9.17, 15) is 24.9 Å². The van der Waals surface area contributed by atoms with Crippen LogP contribution < -0.4 is 5.32 Å². The van der Waals surface area contributed by atoms with E-state index in [1.807, 2.05) is 0 Å². The van der Waals surface area contributed by atoms with Gasteiger partial charge >= 0.3 is 0 Å². The van der Waals surface area contributed by atoms with Gasteiger partial charge < -0.3 is 30.5 Å². The number of hydrogen-bond acceptors (Lipinski definition) is 7. The fraction of sp³-hybridized carbons (Fsp3) is 0.800. The number of halogens is 1. The molecule has 1 heterocycles. The Bertz CT molecular complexity index is 366. The Hall–Kier alpha value is -0.330. The molecule has 5 atom stereocenters. The molecule has 1 unspecified atom stereocenters. The van der Waals surface area contributed by atoms with Gasteiger partial charge in [0.25, 0.3) is 5.79 Å². The number of amides is 1. The maximum Gasteiger partial charge on any atom is 0.251 e. The lowest BCUT2D eigenvalue weighted by molar-refractivity contribution is -0.300. The van der Waals surface area contributed by atoms with Crippen molar-refractivity contribution < 1.29 is 34.8 Å². The number of rotatable bonds is 4. The first-order chi connectivity index (χ1) is 8.77. The molecule has 1 amide bonds. The highest BCUT2D eigenvalue weighted by molar-refractivity contribution is 14.1. The summed E-state index contributed by atoms with van der Waals surface area (Å²) in [7, 11) is 0. The second-order valence-corrected chi connectivity index (χ2v) is 5.01. The van der Waals surface area contributed by atoms with Gasteiger partial charge in [0.2, 0.25) is 11.7 Å². The van der Waals surface area contributed by atoms with Gasteiger partial charge in [0.1, 0.15) is 24.4 Å². The number of carbonyl (C=O) groups is 2. The summed E-state index contributed by atoms with van der Waals surface area (Å²) in [5.74, 6) is -3.88. The van der Waals surface area contributed by atoms with E-state index in [1.54, 1.807) is 22.6 Å². The third-order valence-electron chi connectivity index (χ3n) is 2.88. The molecule has 1 saturated heterocycles. The van der Waals surface area contributed by atoms with E-state index in [0.29, 0.717) is 0 Å². The second kappa shape index (κ2) is 6.41. The SMILES string of the molecule is CC(=O)N[C@@H]1[C@@H](O)[C@H](O)[C@@H](CO)OC1(O)C(=O)CI. The Morgan fingerprint density at radius 1 is 1.37 bits per heavy atom. The molecule has 1 fully saturated rings. The van der Waals surface area contributed by atoms with E-state index < -0.39 is 48.4 Å². The standard InChI is InChI=1S/C10H16INO7/c1-4(14)12-9-8(17)7(16)5(3-13)19-10(9,18)6(15)2-11/h5,7-9,13,16-18H,2-3H2,1H3,(H,12,14)/t5-,7-,8+,9-,10?/m1/s1. The van der Waals surface area contributed by atoms with Crippen molar-refractivity contribution in [2.75, 3.05) is 11.0 Å². The number of ether oxygens (including phenoxy) is 1. The average Bonchev–Trinajstić information content (AvgIpc) is 2.37. The van der Waals surface area contributed by atoms with E-state index in [-0.39, 0.29) is 4.43 Å². The highest BCUT2D eigenvalue weighted by Gasteiger charge is 2.57. The van der Waals surface area contributed by atoms with Crippen LogP contribution in [0.3, 0.4) is 0 Å². The summed E-state index contributed by atoms with van der Waals surface area (Å²) >= 11 is 1.69. The predicted molar refractivity (Wildman–Crippen MR) is 70.4 cm³/mol. The molecule has 0 spiro atoms. The highest BCUT2D eigenvalue weighted by Crippen LogP contribution is 2.29. The van der Waals surface area contributed by atoms with E-state index in [0.717, 1.165) is 6.92 Å². The van der Waals surface area contributed by atoms with Crippen LogP contribution in [0, 0.1) is 0 Å². The number of carbonyl (C=O) groups excluding carboxylic acids is 2. The Labute approximate surface area is 122 Å². The first kappa shape index (κ1) is 16.7. The molecule has 1 rings (SSSR count). The first-order valence-corrected chi connectivity index (χ1v) is 7.04. The largest absolute Gasteiger partial charge is 0.394 e. The average molecular weight is 389 g/mol. The molecule has 0 radical (unpaired) electrons. The van der Waals surface area contributed by atoms with E-state index in [4.69, 9.17) is 9.84 Å². The zero-order valence-corrected chi connectivity index (χ0v) is 12.3. The van der Waals surface area contributed by atoms with E-state index >= 15 is 0 Å². The Balaban J connectivity index is 3.13. The molecule has 0 aliphatic carbocycles. The van der Waals surface area contributed by atoms with Gasteiger partial charge in [-0.1, -0.05) is 22.6 Å². The number of nitrogens with one attached hydrogen (secondary N) is 1. The quantitative estimate of drug-likeness (QED) is 0.261. The van der Waals surface area contributed by atoms with Gasteiger partial charge in [0.05, 0.1) is 11.0 Å². The van der Waals surface area contributed by atoms with Crippen LogP contribution in [0.1, 0.15) is 6.92 Å². The van der Waals surface area contributed by atoms with Crippen molar-refractivity contribution in [3.63, 3.8) is 0 Å². The monoisotopic (exact) mass is 389 g/mol. The van der Waals surface area contributed by atoms with Gasteiger partial charge in [0, 0.05) is 6.92 Å². The van der Waals surface area contributed by atoms with Crippen molar-refractivity contribution in [3.05, 3.63) is 0 Å². The van der Waals surface area contributed by atoms with Crippen LogP contribution in [0.2, 0.25) is 0 Å². The summed E-state index contributed by atoms with van der Waals surface area (Å²) in [5.41, 5.74) is 0. The summed E-state index contributed by atoms with van der Waals surface area (Å²) in [6, 6.07) is -1.51. The summed E-state index contributed by atoms with van der Waals surface area (Å²) in [5, 5.41) is 41.1. The van der Waals surface area contributed by atoms with Crippen molar-refractivity contribution in [1.82, 2.24) is 5.32 Å². The molecule has 0 saturated carbocycles. The normalized spacial score (nSPS) is 38.8. The van der Waals surface area contributed by atoms with Gasteiger partial charge in [0.15, 0.2) is 0 Å². The fourth-order valence-corrected chi connectivity index (χ4v) is 2.45. The van der Waals surface area contributed by atoms with Crippen LogP contribution in [0.4, 0.5) is 0 Å². The minimum absolute atomic E-state index is 0.134. The fourth-order valence-electron chi connectivity index (χ4n) is 1.90. The molecule has 0 aromatic rings. The summed E-state index contributed by atoms with van der Waals surface area (Å²) < 4.78 is 4.86. The molecule has 8 nitrogen and oxygen atoms in total. The minimum Gasteiger partial charge on any atom is -0.394 e. The Morgan fingerprint density at radius 3 is 2.37 bits per heavy atom. The maximum atomic E-state index is 11.8. The molecule has 0 aromatic heterocycles. The molecule has 110 valence electrons. The van der Waals surface area contributed by atoms with Gasteiger partial charge in [-0.15, -0.1) is 0 Å². The number of alkyl halides is 1. The van der Waals surface area contributed by atoms with E-state index in [1.165, 1.54) is 0 Å². The van der Waals surface area contributed by atoms with Crippen molar-refractivity contribution in [3.8, 4) is 0 Å². The van der Waals surface area contributed by atoms with Gasteiger partial charge in [-0.05, 0) is 0 Å². The van der Waals surface area contributed by atoms with Crippen molar-refractivity contribution in [2.45, 2.75) is 37.1 Å². The lowest BCUT2D eigenvalue weighted by Crippen LogP contribution is -2.72. The summed E-state index contributed by atoms with van der Waals surface area (Å²) in [6.45, 7) is 0.439. The smallest absolute Gasteiger partial charge is 0.251 e. The van der Waals surface area contributed by atoms with Gasteiger partial charge in [-0.3, -0.25) is 9.59 Å². The predicted octanol–water partition coefficient (Wildman–Crippen LogP) is -2.70. The molecular weight excluding hydrogens is 373 g/mol. The number of Topliss-reactive ketones (excluding diaryl/α,β-unsaturated/α-hetero) is 1. The van der Waals surface area contributed by atoms with Crippen LogP contribution >= 0.6 is 22.6 Å². The van der Waals surface area contributed by atoms with E-state index in [2.05, 4.69) is 5.32 Å². The zero-order valence-electron chi connectivity index (χ0n) is 10.1. The highest BCUT2D eigenvalue weighted by atomic mass is 127. The van der Waals surface area contributed by atoms with Gasteiger partial charge in [-0.2, -0.15) is 0 Å². The maximum absolute atomic E-state index is 11.8. The van der Waals surface area contributed by atoms with Crippen molar-refractivity contribution >= 4 is 34.3 Å². The van der Waals surface area contributed by atoms with Crippen LogP contribution in [0.5, 0.6) is 0 Å². The van der Waals surface area contributed by atoms with Crippen LogP contribution in [0.15, 0.2) is 0 Å². The van der Waals surface area contributed by atoms with Gasteiger partial charge in [-0.25, -0.2) is 0 Å². The molecule has 5 N–H and O–H groups in total. The molecule has 9 heteroatoms. The topological polar surface area (TPSA) is 136 Å². The number of aliphatic hydroxyl groups excluding tert-OH is 3. The van der Waals surface area contributed by atoms with Crippen molar-refractivity contribution in [1.29, 1.82) is 0 Å². The number of ketones is 1. The third kappa shape index (κ3) is 3.23. The zero-order chi connectivity index (χ0) is 14.8. The summed E-state index contributed by atoms with van der Waals surface area (Å²) in [6.07, 6.45) is -4.51. The van der Waals surface area contributed by atoms with Crippen LogP contribution in [0.25, 0.3) is 0 Å². The lowest BCUT2D eigenvalue weighted by atomic mass is 9.88. The summed E-state index contributed by atoms with van der Waals surface area (Å²) in [4.78, 5) is 22.9. The third-order valence-corrected chi connectivity index (χ3v) is 3.58. The lowest BCUT2D eigenvalue weighted by Gasteiger charge is -2.46. The van der Waals surface area contributed by atoms with Crippen molar-refractivity contribution in [2.24, 2.45) is 0 Å². The molecule has 19 heavy (non-hydrogen) atoms. The van der Waals surface area contributed by atoms with Crippen LogP contribution in [-0.4, -0.2) is 73.3 Å². The first-order valence-electron chi connectivity index (χ1n) is 5.51. The molecule has 1 aliphatic rings. The molecular formula is C10H16INO7. The number of hydrogen-bond donors (Lipinski definition) is 5. The molecule has 0 bridgehead atoms. The Kier molecular flexibility index (Phi) is 5.65.